The monoisotopic (exact) mass is 328 g/mol. The van der Waals surface area contributed by atoms with Gasteiger partial charge in [-0.25, -0.2) is 5.48 Å². The minimum absolute atomic E-state index is 0.552. The van der Waals surface area contributed by atoms with Crippen LogP contribution >= 0.6 is 23.2 Å². The van der Waals surface area contributed by atoms with Crippen molar-refractivity contribution in [2.45, 2.75) is 0 Å². The van der Waals surface area contributed by atoms with E-state index < -0.39 is 5.91 Å². The highest BCUT2D eigenvalue weighted by molar-refractivity contribution is 6.18. The van der Waals surface area contributed by atoms with Crippen LogP contribution in [-0.2, 0) is 4.79 Å². The van der Waals surface area contributed by atoms with E-state index in [0.29, 0.717) is 11.8 Å². The van der Waals surface area contributed by atoms with Crippen LogP contribution in [0.4, 0.5) is 5.69 Å². The van der Waals surface area contributed by atoms with Crippen molar-refractivity contribution in [2.75, 3.05) is 29.7 Å². The normalized spacial score (nSPS) is 11.2. The van der Waals surface area contributed by atoms with Crippen LogP contribution in [0.1, 0.15) is 5.56 Å². The third kappa shape index (κ3) is 6.67. The topological polar surface area (TPSA) is 52.6 Å². The summed E-state index contributed by atoms with van der Waals surface area (Å²) < 4.78 is 0. The van der Waals surface area contributed by atoms with Gasteiger partial charge in [-0.15, -0.1) is 23.2 Å². The molecule has 1 aromatic carbocycles. The zero-order valence-corrected chi connectivity index (χ0v) is 13.0. The zero-order chi connectivity index (χ0) is 15.5. The number of hydrogen-bond donors (Lipinski definition) is 2. The van der Waals surface area contributed by atoms with Crippen molar-refractivity contribution in [1.29, 1.82) is 0 Å². The number of amides is 1. The molecule has 0 fully saturated rings. The van der Waals surface area contributed by atoms with Gasteiger partial charge in [-0.2, -0.15) is 0 Å². The van der Waals surface area contributed by atoms with Gasteiger partial charge in [0.25, 0.3) is 5.91 Å². The summed E-state index contributed by atoms with van der Waals surface area (Å²) in [5.41, 5.74) is 3.60. The number of anilines is 1. The molecule has 21 heavy (non-hydrogen) atoms. The van der Waals surface area contributed by atoms with Crippen LogP contribution in [0, 0.1) is 0 Å². The van der Waals surface area contributed by atoms with Crippen molar-refractivity contribution >= 4 is 40.9 Å². The second-order valence-corrected chi connectivity index (χ2v) is 4.91. The number of halogens is 2. The highest BCUT2D eigenvalue weighted by Gasteiger charge is 2.04. The number of nitrogens with one attached hydrogen (secondary N) is 1. The van der Waals surface area contributed by atoms with Crippen LogP contribution in [0.15, 0.2) is 42.5 Å². The van der Waals surface area contributed by atoms with E-state index in [4.69, 9.17) is 28.4 Å². The molecule has 0 aliphatic heterocycles. The SMILES string of the molecule is O=C(/C=C/C=C/c1ccc(N(CCCl)CCCl)cc1)NO. The number of benzene rings is 1. The lowest BCUT2D eigenvalue weighted by Gasteiger charge is -2.22. The fourth-order valence-electron chi connectivity index (χ4n) is 1.72. The summed E-state index contributed by atoms with van der Waals surface area (Å²) in [4.78, 5) is 12.9. The van der Waals surface area contributed by atoms with Crippen LogP contribution in [-0.4, -0.2) is 36.0 Å². The Morgan fingerprint density at radius 1 is 1.14 bits per heavy atom. The highest BCUT2D eigenvalue weighted by atomic mass is 35.5. The van der Waals surface area contributed by atoms with Crippen LogP contribution in [0.3, 0.4) is 0 Å². The third-order valence-electron chi connectivity index (χ3n) is 2.72. The quantitative estimate of drug-likeness (QED) is 0.253. The van der Waals surface area contributed by atoms with E-state index >= 15 is 0 Å². The van der Waals surface area contributed by atoms with E-state index in [2.05, 4.69) is 4.90 Å². The molecule has 0 bridgehead atoms. The predicted octanol–water partition coefficient (Wildman–Crippen LogP) is 3.05. The Balaban J connectivity index is 2.66. The van der Waals surface area contributed by atoms with Crippen LogP contribution in [0.2, 0.25) is 0 Å². The van der Waals surface area contributed by atoms with Gasteiger partial charge in [-0.1, -0.05) is 30.4 Å². The maximum Gasteiger partial charge on any atom is 0.267 e. The Morgan fingerprint density at radius 2 is 1.76 bits per heavy atom. The number of carbonyl (C=O) groups is 1. The molecule has 114 valence electrons. The molecule has 0 aliphatic rings. The molecule has 0 saturated carbocycles. The molecule has 0 aromatic heterocycles. The average Bonchev–Trinajstić information content (AvgIpc) is 2.51. The number of rotatable bonds is 8. The molecule has 4 nitrogen and oxygen atoms in total. The van der Waals surface area contributed by atoms with Crippen molar-refractivity contribution in [1.82, 2.24) is 5.48 Å². The molecule has 0 radical (unpaired) electrons. The Morgan fingerprint density at radius 3 is 2.29 bits per heavy atom. The molecule has 1 rings (SSSR count). The molecule has 0 unspecified atom stereocenters. The summed E-state index contributed by atoms with van der Waals surface area (Å²) in [5.74, 6) is 0.541. The number of nitrogens with zero attached hydrogens (tertiary/aromatic N) is 1. The van der Waals surface area contributed by atoms with E-state index in [1.807, 2.05) is 30.3 Å². The maximum atomic E-state index is 10.8. The van der Waals surface area contributed by atoms with E-state index in [-0.39, 0.29) is 0 Å². The van der Waals surface area contributed by atoms with E-state index in [1.54, 1.807) is 12.2 Å². The van der Waals surface area contributed by atoms with Crippen molar-refractivity contribution in [2.24, 2.45) is 0 Å². The smallest absolute Gasteiger partial charge is 0.267 e. The Hall–Kier alpha value is -1.49. The van der Waals surface area contributed by atoms with E-state index in [9.17, 15) is 4.79 Å². The fraction of sp³-hybridized carbons (Fsp3) is 0.267. The summed E-state index contributed by atoms with van der Waals surface area (Å²) in [5, 5.41) is 8.32. The number of hydroxylamine groups is 1. The first-order valence-electron chi connectivity index (χ1n) is 6.47. The van der Waals surface area contributed by atoms with Gasteiger partial charge in [-0.3, -0.25) is 10.0 Å². The molecule has 0 aliphatic carbocycles. The van der Waals surface area contributed by atoms with Crippen LogP contribution < -0.4 is 10.4 Å². The van der Waals surface area contributed by atoms with Crippen LogP contribution in [0.5, 0.6) is 0 Å². The first kappa shape index (κ1) is 17.6. The largest absolute Gasteiger partial charge is 0.369 e. The van der Waals surface area contributed by atoms with Gasteiger partial charge >= 0.3 is 0 Å². The minimum atomic E-state index is -0.562. The molecule has 0 saturated heterocycles. The lowest BCUT2D eigenvalue weighted by atomic mass is 10.2. The summed E-state index contributed by atoms with van der Waals surface area (Å²) in [6.07, 6.45) is 6.36. The van der Waals surface area contributed by atoms with Crippen molar-refractivity contribution in [3.8, 4) is 0 Å². The fourth-order valence-corrected chi connectivity index (χ4v) is 2.13. The van der Waals surface area contributed by atoms with Gasteiger partial charge in [0.05, 0.1) is 0 Å². The number of alkyl halides is 2. The van der Waals surface area contributed by atoms with Gasteiger partial charge < -0.3 is 4.90 Å². The lowest BCUT2D eigenvalue weighted by Crippen LogP contribution is -2.27. The molecule has 0 heterocycles. The Bertz CT molecular complexity index is 481. The first-order valence-corrected chi connectivity index (χ1v) is 7.54. The summed E-state index contributed by atoms with van der Waals surface area (Å²) >= 11 is 11.6. The molecular formula is C15H18Cl2N2O2. The van der Waals surface area contributed by atoms with E-state index in [1.165, 1.54) is 11.6 Å². The third-order valence-corrected chi connectivity index (χ3v) is 3.06. The second kappa shape index (κ2) is 10.3. The van der Waals surface area contributed by atoms with E-state index in [0.717, 1.165) is 24.3 Å². The Labute approximate surface area is 134 Å². The molecule has 2 N–H and O–H groups in total. The zero-order valence-electron chi connectivity index (χ0n) is 11.5. The molecule has 6 heteroatoms. The molecular weight excluding hydrogens is 311 g/mol. The van der Waals surface area contributed by atoms with Gasteiger partial charge in [0.15, 0.2) is 0 Å². The molecule has 1 aromatic rings. The molecule has 0 atom stereocenters. The molecule has 0 spiro atoms. The van der Waals surface area contributed by atoms with Crippen molar-refractivity contribution in [3.63, 3.8) is 0 Å². The Kier molecular flexibility index (Phi) is 8.59. The average molecular weight is 329 g/mol. The van der Waals surface area contributed by atoms with Crippen molar-refractivity contribution < 1.29 is 10.0 Å². The number of allylic oxidation sites excluding steroid dienone is 2. The first-order chi connectivity index (χ1) is 10.2. The van der Waals surface area contributed by atoms with Gasteiger partial charge in [0, 0.05) is 36.6 Å². The number of carbonyl (C=O) groups excluding carboxylic acids is 1. The summed E-state index contributed by atoms with van der Waals surface area (Å²) in [6, 6.07) is 7.95. The van der Waals surface area contributed by atoms with Crippen molar-refractivity contribution in [3.05, 3.63) is 48.1 Å². The maximum absolute atomic E-state index is 10.8. The highest BCUT2D eigenvalue weighted by Crippen LogP contribution is 2.16. The molecule has 1 amide bonds. The van der Waals surface area contributed by atoms with Gasteiger partial charge in [0.1, 0.15) is 0 Å². The lowest BCUT2D eigenvalue weighted by molar-refractivity contribution is -0.124. The number of hydrogen-bond acceptors (Lipinski definition) is 3. The predicted molar refractivity (Wildman–Crippen MR) is 88.2 cm³/mol. The van der Waals surface area contributed by atoms with Gasteiger partial charge in [0.2, 0.25) is 0 Å². The van der Waals surface area contributed by atoms with Gasteiger partial charge in [-0.05, 0) is 17.7 Å². The standard InChI is InChI=1S/C15H18Cl2N2O2/c16-9-11-19(12-10-17)14-7-5-13(6-8-14)3-1-2-4-15(20)18-21/h1-8,21H,9-12H2,(H,18,20)/b3-1+,4-2+. The van der Waals surface area contributed by atoms with Crippen LogP contribution in [0.25, 0.3) is 6.08 Å². The summed E-state index contributed by atoms with van der Waals surface area (Å²) in [7, 11) is 0. The minimum Gasteiger partial charge on any atom is -0.369 e. The summed E-state index contributed by atoms with van der Waals surface area (Å²) in [6.45, 7) is 1.50. The second-order valence-electron chi connectivity index (χ2n) is 4.15.